The molecule has 0 radical (unpaired) electrons. The Balaban J connectivity index is 0.000000179. The Labute approximate surface area is 350 Å². The quantitative estimate of drug-likeness (QED) is 0.312. The summed E-state index contributed by atoms with van der Waals surface area (Å²) in [5, 5.41) is 5.05. The third-order valence-electron chi connectivity index (χ3n) is 13.7. The first-order chi connectivity index (χ1) is 27.3. The highest BCUT2D eigenvalue weighted by atomic mass is 35.5. The molecule has 1 amide bonds. The summed E-state index contributed by atoms with van der Waals surface area (Å²) in [4.78, 5) is 24.1. The lowest BCUT2D eigenvalue weighted by atomic mass is 9.77. The number of carbonyl (C=O) groups excluding carboxylic acids is 1. The van der Waals surface area contributed by atoms with Crippen LogP contribution in [0.1, 0.15) is 96.1 Å². The smallest absolute Gasteiger partial charge is 0.410 e. The second-order valence-corrected chi connectivity index (χ2v) is 19.9. The van der Waals surface area contributed by atoms with Crippen molar-refractivity contribution in [3.8, 4) is 0 Å². The Morgan fingerprint density at radius 3 is 1.60 bits per heavy atom. The van der Waals surface area contributed by atoms with Crippen molar-refractivity contribution in [1.29, 1.82) is 0 Å². The maximum absolute atomic E-state index is 13.6. The van der Waals surface area contributed by atoms with Crippen molar-refractivity contribution >= 4 is 40.7 Å². The van der Waals surface area contributed by atoms with Crippen molar-refractivity contribution in [2.75, 3.05) is 88.3 Å². The lowest BCUT2D eigenvalue weighted by Crippen LogP contribution is -2.43. The van der Waals surface area contributed by atoms with Crippen molar-refractivity contribution in [3.63, 3.8) is 0 Å². The highest BCUT2D eigenvalue weighted by Crippen LogP contribution is 2.42. The van der Waals surface area contributed by atoms with E-state index in [4.69, 9.17) is 27.9 Å². The first-order valence-electron chi connectivity index (χ1n) is 21.7. The fourth-order valence-electron chi connectivity index (χ4n) is 10.0. The van der Waals surface area contributed by atoms with E-state index in [1.54, 1.807) is 0 Å². The summed E-state index contributed by atoms with van der Waals surface area (Å²) in [6.45, 7) is 19.1. The van der Waals surface area contributed by atoms with Gasteiger partial charge >= 0.3 is 6.09 Å². The van der Waals surface area contributed by atoms with Crippen LogP contribution in [0.15, 0.2) is 36.4 Å². The van der Waals surface area contributed by atoms with E-state index in [1.807, 2.05) is 43.9 Å². The van der Waals surface area contributed by atoms with Crippen LogP contribution in [0.2, 0.25) is 10.0 Å². The summed E-state index contributed by atoms with van der Waals surface area (Å²) < 4.78 is 32.7. The van der Waals surface area contributed by atoms with E-state index in [-0.39, 0.29) is 11.5 Å². The number of ether oxygens (including phenoxy) is 1. The summed E-state index contributed by atoms with van der Waals surface area (Å²) >= 11 is 12.6. The number of amides is 1. The second kappa shape index (κ2) is 18.5. The first kappa shape index (κ1) is 42.7. The van der Waals surface area contributed by atoms with Gasteiger partial charge < -0.3 is 24.8 Å². The van der Waals surface area contributed by atoms with Crippen molar-refractivity contribution in [2.24, 2.45) is 10.8 Å². The average molecular weight is 832 g/mol. The minimum Gasteiger partial charge on any atom is -0.444 e. The Kier molecular flexibility index (Phi) is 13.9. The number of piperidine rings is 4. The van der Waals surface area contributed by atoms with Gasteiger partial charge in [0.1, 0.15) is 17.9 Å². The molecule has 0 bridgehead atoms. The summed E-state index contributed by atoms with van der Waals surface area (Å²) in [7, 11) is 0. The summed E-state index contributed by atoms with van der Waals surface area (Å²) in [6, 6.07) is 12.4. The average Bonchev–Trinajstić information content (AvgIpc) is 3.83. The minimum absolute atomic E-state index is 0.181. The van der Waals surface area contributed by atoms with E-state index in [1.165, 1.54) is 62.3 Å². The van der Waals surface area contributed by atoms with E-state index in [0.717, 1.165) is 100 Å². The molecule has 6 heterocycles. The van der Waals surface area contributed by atoms with E-state index >= 15 is 0 Å². The molecular formula is C45H66Cl2F2N6O2. The Bertz CT molecular complexity index is 1640. The number of rotatable bonds is 6. The van der Waals surface area contributed by atoms with Crippen molar-refractivity contribution in [3.05, 3.63) is 57.6 Å². The van der Waals surface area contributed by atoms with E-state index in [2.05, 4.69) is 43.1 Å². The zero-order chi connectivity index (χ0) is 40.2. The zero-order valence-corrected chi connectivity index (χ0v) is 36.2. The summed E-state index contributed by atoms with van der Waals surface area (Å²) in [6.07, 6.45) is 8.14. The zero-order valence-electron chi connectivity index (χ0n) is 34.7. The van der Waals surface area contributed by atoms with Crippen LogP contribution in [0.25, 0.3) is 0 Å². The Hall–Kier alpha value is -2.37. The van der Waals surface area contributed by atoms with Gasteiger partial charge in [0.05, 0.1) is 0 Å². The molecule has 8 nitrogen and oxygen atoms in total. The monoisotopic (exact) mass is 830 g/mol. The molecule has 2 spiro atoms. The molecule has 2 aromatic carbocycles. The SMILES string of the molecule is CC(C)(C)OC(=O)N1CCC2(CCN(Cc3ccc(Cl)cc3N3CCC(F)CC3)CC2)C1.FC1CCN(c2cc(Cl)ccc2CN2CCC3(CCNC3)CC2)CC1. The minimum atomic E-state index is -0.682. The molecule has 0 saturated carbocycles. The van der Waals surface area contributed by atoms with E-state index in [0.29, 0.717) is 31.1 Å². The van der Waals surface area contributed by atoms with Crippen LogP contribution in [0.5, 0.6) is 0 Å². The standard InChI is InChI=1S/C25H37ClFN3O2.C20H29ClFN3/c1-24(2,3)32-23(31)30-15-10-25(18-30)8-13-28(14-9-25)17-19-4-5-20(26)16-22(19)29-11-6-21(27)7-12-29;21-17-2-1-16(19(13-17)25-9-3-18(22)4-10-25)14-24-11-6-20(7-12-24)5-8-23-15-20/h4-5,16,21H,6-15,17-18H2,1-3H3;1-2,13,18,23H,3-12,14-15H2. The maximum atomic E-state index is 13.6. The molecule has 2 aromatic rings. The molecule has 8 rings (SSSR count). The molecule has 0 unspecified atom stereocenters. The number of anilines is 2. The van der Waals surface area contributed by atoms with Gasteiger partial charge in [-0.3, -0.25) is 9.80 Å². The van der Waals surface area contributed by atoms with E-state index < -0.39 is 17.9 Å². The van der Waals surface area contributed by atoms with Crippen LogP contribution in [0.3, 0.4) is 0 Å². The molecule has 316 valence electrons. The highest BCUT2D eigenvalue weighted by Gasteiger charge is 2.43. The normalized spacial score (nSPS) is 23.6. The molecule has 6 aliphatic rings. The van der Waals surface area contributed by atoms with Gasteiger partial charge in [-0.2, -0.15) is 0 Å². The van der Waals surface area contributed by atoms with Crippen LogP contribution in [0.4, 0.5) is 25.0 Å². The van der Waals surface area contributed by atoms with Gasteiger partial charge in [0, 0.05) is 80.3 Å². The molecule has 0 aliphatic carbocycles. The van der Waals surface area contributed by atoms with Gasteiger partial charge in [0.15, 0.2) is 0 Å². The Morgan fingerprint density at radius 2 is 1.16 bits per heavy atom. The van der Waals surface area contributed by atoms with E-state index in [9.17, 15) is 13.6 Å². The number of alkyl halides is 2. The van der Waals surface area contributed by atoms with Gasteiger partial charge in [0.2, 0.25) is 0 Å². The lowest BCUT2D eigenvalue weighted by molar-refractivity contribution is 0.0245. The number of halogens is 4. The predicted octanol–water partition coefficient (Wildman–Crippen LogP) is 9.36. The Morgan fingerprint density at radius 1 is 0.702 bits per heavy atom. The third kappa shape index (κ3) is 11.3. The molecule has 6 aliphatic heterocycles. The predicted molar refractivity (Wildman–Crippen MR) is 229 cm³/mol. The molecule has 6 fully saturated rings. The van der Waals surface area contributed by atoms with Gasteiger partial charge in [-0.1, -0.05) is 35.3 Å². The summed E-state index contributed by atoms with van der Waals surface area (Å²) in [5.74, 6) is 0. The van der Waals surface area contributed by atoms with Gasteiger partial charge in [-0.05, 0) is 164 Å². The molecule has 12 heteroatoms. The lowest BCUT2D eigenvalue weighted by Gasteiger charge is -2.40. The second-order valence-electron chi connectivity index (χ2n) is 19.0. The number of carbonyl (C=O) groups is 1. The van der Waals surface area contributed by atoms with Crippen LogP contribution in [-0.4, -0.2) is 117 Å². The van der Waals surface area contributed by atoms with Crippen molar-refractivity contribution in [1.82, 2.24) is 20.0 Å². The van der Waals surface area contributed by atoms with Gasteiger partial charge in [-0.25, -0.2) is 13.6 Å². The molecule has 57 heavy (non-hydrogen) atoms. The first-order valence-corrected chi connectivity index (χ1v) is 22.5. The van der Waals surface area contributed by atoms with Gasteiger partial charge in [-0.15, -0.1) is 0 Å². The molecule has 0 atom stereocenters. The number of nitrogens with one attached hydrogen (secondary N) is 1. The van der Waals surface area contributed by atoms with Gasteiger partial charge in [0.25, 0.3) is 0 Å². The van der Waals surface area contributed by atoms with Crippen molar-refractivity contribution < 1.29 is 18.3 Å². The largest absolute Gasteiger partial charge is 0.444 e. The number of benzene rings is 2. The van der Waals surface area contributed by atoms with Crippen LogP contribution in [-0.2, 0) is 17.8 Å². The van der Waals surface area contributed by atoms with Crippen LogP contribution < -0.4 is 15.1 Å². The fraction of sp³-hybridized carbons (Fsp3) is 0.711. The maximum Gasteiger partial charge on any atom is 0.410 e. The fourth-order valence-corrected chi connectivity index (χ4v) is 10.3. The number of hydrogen-bond acceptors (Lipinski definition) is 7. The molecule has 1 N–H and O–H groups in total. The number of likely N-dealkylation sites (tertiary alicyclic amines) is 3. The van der Waals surface area contributed by atoms with Crippen molar-refractivity contribution in [2.45, 2.75) is 116 Å². The van der Waals surface area contributed by atoms with Crippen LogP contribution in [0, 0.1) is 10.8 Å². The number of nitrogens with zero attached hydrogens (tertiary/aromatic N) is 5. The number of hydrogen-bond donors (Lipinski definition) is 1. The molecule has 0 aromatic heterocycles. The molecular weight excluding hydrogens is 765 g/mol. The third-order valence-corrected chi connectivity index (χ3v) is 14.1. The summed E-state index contributed by atoms with van der Waals surface area (Å²) in [5.41, 5.74) is 5.30. The van der Waals surface area contributed by atoms with Crippen LogP contribution >= 0.6 is 23.2 Å². The molecule has 6 saturated heterocycles. The highest BCUT2D eigenvalue weighted by molar-refractivity contribution is 6.31. The topological polar surface area (TPSA) is 54.5 Å².